The monoisotopic (exact) mass is 298 g/mol. The van der Waals surface area contributed by atoms with E-state index >= 15 is 0 Å². The van der Waals surface area contributed by atoms with Crippen molar-refractivity contribution in [3.63, 3.8) is 0 Å². The first-order valence-electron chi connectivity index (χ1n) is 5.81. The highest BCUT2D eigenvalue weighted by Gasteiger charge is 2.37. The minimum Gasteiger partial charge on any atom is -0.361 e. The molecule has 0 amide bonds. The van der Waals surface area contributed by atoms with Gasteiger partial charge in [-0.15, -0.1) is 15.3 Å². The third-order valence-electron chi connectivity index (χ3n) is 2.59. The van der Waals surface area contributed by atoms with Crippen molar-refractivity contribution in [2.75, 3.05) is 5.32 Å². The highest BCUT2D eigenvalue weighted by atomic mass is 19.4. The van der Waals surface area contributed by atoms with Gasteiger partial charge < -0.3 is 5.32 Å². The Morgan fingerprint density at radius 1 is 1.19 bits per heavy atom. The molecule has 0 spiro atoms. The fourth-order valence-electron chi connectivity index (χ4n) is 1.69. The van der Waals surface area contributed by atoms with Gasteiger partial charge in [0.25, 0.3) is 5.82 Å². The molecule has 3 aromatic rings. The zero-order chi connectivity index (χ0) is 15.0. The van der Waals surface area contributed by atoms with Crippen LogP contribution < -0.4 is 5.32 Å². The lowest BCUT2D eigenvalue weighted by atomic mass is 10.5. The van der Waals surface area contributed by atoms with Crippen LogP contribution in [0.3, 0.4) is 0 Å². The number of aryl methyl sites for hydroxylation is 1. The Hall–Kier alpha value is -2.72. The summed E-state index contributed by atoms with van der Waals surface area (Å²) >= 11 is 0. The molecule has 110 valence electrons. The van der Waals surface area contributed by atoms with E-state index in [0.29, 0.717) is 10.3 Å². The van der Waals surface area contributed by atoms with Gasteiger partial charge >= 0.3 is 6.18 Å². The molecule has 3 heterocycles. The maximum Gasteiger partial charge on any atom is 0.453 e. The summed E-state index contributed by atoms with van der Waals surface area (Å²) < 4.78 is 40.4. The zero-order valence-corrected chi connectivity index (χ0v) is 10.7. The number of nitrogens with one attached hydrogen (secondary N) is 1. The molecule has 3 rings (SSSR count). The molecule has 0 bridgehead atoms. The van der Waals surface area contributed by atoms with E-state index in [4.69, 9.17) is 0 Å². The number of fused-ring (bicyclic) bond motifs is 1. The molecular weight excluding hydrogens is 289 g/mol. The lowest BCUT2D eigenvalue weighted by Crippen LogP contribution is -2.13. The van der Waals surface area contributed by atoms with Crippen LogP contribution >= 0.6 is 0 Å². The third kappa shape index (κ3) is 2.61. The van der Waals surface area contributed by atoms with Crippen LogP contribution in [0, 0.1) is 0 Å². The Bertz CT molecular complexity index is 774. The molecule has 0 atom stereocenters. The van der Waals surface area contributed by atoms with Crippen molar-refractivity contribution in [3.8, 4) is 0 Å². The maximum absolute atomic E-state index is 12.7. The zero-order valence-electron chi connectivity index (χ0n) is 10.7. The van der Waals surface area contributed by atoms with Crippen LogP contribution in [0.1, 0.15) is 11.6 Å². The van der Waals surface area contributed by atoms with E-state index in [-0.39, 0.29) is 18.0 Å². The van der Waals surface area contributed by atoms with Gasteiger partial charge in [-0.3, -0.25) is 4.68 Å². The predicted octanol–water partition coefficient (Wildman–Crippen LogP) is 0.884. The fourth-order valence-corrected chi connectivity index (χ4v) is 1.69. The second-order valence-corrected chi connectivity index (χ2v) is 4.20. The Kier molecular flexibility index (Phi) is 2.96. The molecule has 0 saturated carbocycles. The van der Waals surface area contributed by atoms with Crippen molar-refractivity contribution in [2.45, 2.75) is 12.7 Å². The van der Waals surface area contributed by atoms with Gasteiger partial charge in [-0.25, -0.2) is 4.98 Å². The number of hydrogen-bond donors (Lipinski definition) is 1. The molecule has 8 nitrogen and oxygen atoms in total. The van der Waals surface area contributed by atoms with Gasteiger partial charge in [0.2, 0.25) is 0 Å². The third-order valence-corrected chi connectivity index (χ3v) is 2.59. The standard InChI is InChI=1S/C10H9F3N8/c1-20-5-15-7(18-20)4-14-6-2-3-8-16-17-9(10(11,12)13)21(8)19-6/h2-3,5H,4H2,1H3,(H,14,19). The molecule has 0 unspecified atom stereocenters. The molecule has 21 heavy (non-hydrogen) atoms. The van der Waals surface area contributed by atoms with Crippen molar-refractivity contribution < 1.29 is 13.2 Å². The molecule has 0 aromatic carbocycles. The fraction of sp³-hybridized carbons (Fsp3) is 0.300. The summed E-state index contributed by atoms with van der Waals surface area (Å²) in [7, 11) is 1.72. The quantitative estimate of drug-likeness (QED) is 0.772. The smallest absolute Gasteiger partial charge is 0.361 e. The average molecular weight is 298 g/mol. The van der Waals surface area contributed by atoms with Crippen molar-refractivity contribution in [2.24, 2.45) is 7.05 Å². The number of nitrogens with zero attached hydrogens (tertiary/aromatic N) is 7. The summed E-state index contributed by atoms with van der Waals surface area (Å²) in [5, 5.41) is 17.2. The summed E-state index contributed by atoms with van der Waals surface area (Å²) in [5.74, 6) is -0.434. The first-order chi connectivity index (χ1) is 9.93. The summed E-state index contributed by atoms with van der Waals surface area (Å²) in [4.78, 5) is 3.99. The molecular formula is C10H9F3N8. The van der Waals surface area contributed by atoms with Gasteiger partial charge in [0, 0.05) is 7.05 Å². The van der Waals surface area contributed by atoms with Crippen molar-refractivity contribution in [1.29, 1.82) is 0 Å². The largest absolute Gasteiger partial charge is 0.453 e. The SMILES string of the molecule is Cn1cnc(CNc2ccc3nnc(C(F)(F)F)n3n2)n1. The predicted molar refractivity (Wildman–Crippen MR) is 64.1 cm³/mol. The average Bonchev–Trinajstić information content (AvgIpc) is 3.01. The van der Waals surface area contributed by atoms with Crippen LogP contribution in [-0.2, 0) is 19.8 Å². The molecule has 0 saturated heterocycles. The van der Waals surface area contributed by atoms with E-state index in [0.717, 1.165) is 0 Å². The first-order valence-corrected chi connectivity index (χ1v) is 5.81. The van der Waals surface area contributed by atoms with Gasteiger partial charge in [0.05, 0.1) is 6.54 Å². The van der Waals surface area contributed by atoms with Gasteiger partial charge in [0.15, 0.2) is 11.5 Å². The summed E-state index contributed by atoms with van der Waals surface area (Å²) in [6, 6.07) is 2.90. The summed E-state index contributed by atoms with van der Waals surface area (Å²) in [6.07, 6.45) is -3.09. The second-order valence-electron chi connectivity index (χ2n) is 4.20. The molecule has 0 aliphatic carbocycles. The Morgan fingerprint density at radius 2 is 2.00 bits per heavy atom. The van der Waals surface area contributed by atoms with Crippen molar-refractivity contribution in [3.05, 3.63) is 30.1 Å². The Labute approximate surface area is 115 Å². The van der Waals surface area contributed by atoms with Crippen LogP contribution in [0.15, 0.2) is 18.5 Å². The molecule has 0 radical (unpaired) electrons. The topological polar surface area (TPSA) is 85.8 Å². The van der Waals surface area contributed by atoms with Crippen LogP contribution in [0.4, 0.5) is 19.0 Å². The van der Waals surface area contributed by atoms with Gasteiger partial charge in [-0.1, -0.05) is 0 Å². The number of aromatic nitrogens is 7. The molecule has 1 N–H and O–H groups in total. The minimum absolute atomic E-state index is 0.0174. The number of hydrogen-bond acceptors (Lipinski definition) is 6. The normalized spacial score (nSPS) is 12.0. The van der Waals surface area contributed by atoms with E-state index in [1.165, 1.54) is 23.1 Å². The molecule has 3 aromatic heterocycles. The van der Waals surface area contributed by atoms with E-state index in [9.17, 15) is 13.2 Å². The van der Waals surface area contributed by atoms with Crippen LogP contribution in [0.25, 0.3) is 5.65 Å². The lowest BCUT2D eigenvalue weighted by molar-refractivity contribution is -0.146. The number of rotatable bonds is 3. The first kappa shape index (κ1) is 13.3. The van der Waals surface area contributed by atoms with E-state index in [1.807, 2.05) is 0 Å². The van der Waals surface area contributed by atoms with E-state index in [2.05, 4.69) is 30.7 Å². The van der Waals surface area contributed by atoms with Crippen molar-refractivity contribution >= 4 is 11.5 Å². The maximum atomic E-state index is 12.7. The highest BCUT2D eigenvalue weighted by molar-refractivity contribution is 5.44. The van der Waals surface area contributed by atoms with Gasteiger partial charge in [-0.05, 0) is 12.1 Å². The molecule has 0 aliphatic rings. The van der Waals surface area contributed by atoms with Gasteiger partial charge in [0.1, 0.15) is 12.1 Å². The second kappa shape index (κ2) is 4.68. The number of anilines is 1. The highest BCUT2D eigenvalue weighted by Crippen LogP contribution is 2.27. The number of halogens is 3. The van der Waals surface area contributed by atoms with E-state index < -0.39 is 12.0 Å². The van der Waals surface area contributed by atoms with E-state index in [1.54, 1.807) is 7.05 Å². The lowest BCUT2D eigenvalue weighted by Gasteiger charge is -2.05. The van der Waals surface area contributed by atoms with Crippen LogP contribution in [0.2, 0.25) is 0 Å². The van der Waals surface area contributed by atoms with Crippen molar-refractivity contribution in [1.82, 2.24) is 34.6 Å². The summed E-state index contributed by atoms with van der Waals surface area (Å²) in [6.45, 7) is 0.239. The van der Waals surface area contributed by atoms with Crippen LogP contribution in [0.5, 0.6) is 0 Å². The molecule has 0 fully saturated rings. The Morgan fingerprint density at radius 3 is 2.67 bits per heavy atom. The Balaban J connectivity index is 1.86. The number of alkyl halides is 3. The van der Waals surface area contributed by atoms with Crippen LogP contribution in [-0.4, -0.2) is 34.6 Å². The summed E-state index contributed by atoms with van der Waals surface area (Å²) in [5.41, 5.74) is 0.0174. The molecule has 0 aliphatic heterocycles. The minimum atomic E-state index is -4.62. The van der Waals surface area contributed by atoms with Gasteiger partial charge in [-0.2, -0.15) is 22.8 Å². The molecule has 11 heteroatoms.